The van der Waals surface area contributed by atoms with E-state index in [2.05, 4.69) is 53.7 Å². The molecule has 108 valence electrons. The van der Waals surface area contributed by atoms with E-state index in [1.54, 1.807) is 0 Å². The summed E-state index contributed by atoms with van der Waals surface area (Å²) >= 11 is 0. The first kappa shape index (κ1) is 13.4. The molecule has 4 nitrogen and oxygen atoms in total. The van der Waals surface area contributed by atoms with Crippen LogP contribution in [0, 0.1) is 6.92 Å². The van der Waals surface area contributed by atoms with Gasteiger partial charge in [0.1, 0.15) is 0 Å². The van der Waals surface area contributed by atoms with Gasteiger partial charge in [0.25, 0.3) is 0 Å². The van der Waals surface area contributed by atoms with Crippen LogP contribution in [0.2, 0.25) is 0 Å². The smallest absolute Gasteiger partial charge is 0.201 e. The average Bonchev–Trinajstić information content (AvgIpc) is 2.99. The lowest BCUT2D eigenvalue weighted by Gasteiger charge is -2.37. The molecule has 0 aliphatic heterocycles. The SMILES string of the molecule is Cc1cccc2c1nc(N)n2CC1(N(C)C)CCCC1. The van der Waals surface area contributed by atoms with E-state index in [1.165, 1.54) is 31.2 Å². The summed E-state index contributed by atoms with van der Waals surface area (Å²) in [6, 6.07) is 6.31. The van der Waals surface area contributed by atoms with Gasteiger partial charge in [0, 0.05) is 12.1 Å². The Morgan fingerprint density at radius 1 is 1.30 bits per heavy atom. The molecule has 4 heteroatoms. The standard InChI is InChI=1S/C16H24N4/c1-12-7-6-8-13-14(12)18-15(17)20(13)11-16(19(2)3)9-4-5-10-16/h6-8H,4-5,9-11H2,1-3H3,(H2,17,18). The Hall–Kier alpha value is -1.55. The maximum atomic E-state index is 6.19. The van der Waals surface area contributed by atoms with Gasteiger partial charge in [-0.3, -0.25) is 0 Å². The van der Waals surface area contributed by atoms with E-state index in [4.69, 9.17) is 5.73 Å². The van der Waals surface area contributed by atoms with Gasteiger partial charge in [-0.2, -0.15) is 0 Å². The fourth-order valence-electron chi connectivity index (χ4n) is 3.55. The Bertz CT molecular complexity index is 621. The summed E-state index contributed by atoms with van der Waals surface area (Å²) in [4.78, 5) is 6.94. The third-order valence-electron chi connectivity index (χ3n) is 4.95. The minimum absolute atomic E-state index is 0.228. The van der Waals surface area contributed by atoms with Gasteiger partial charge in [-0.25, -0.2) is 4.98 Å². The monoisotopic (exact) mass is 272 g/mol. The van der Waals surface area contributed by atoms with Crippen LogP contribution in [-0.4, -0.2) is 34.1 Å². The number of hydrogen-bond acceptors (Lipinski definition) is 3. The van der Waals surface area contributed by atoms with Gasteiger partial charge >= 0.3 is 0 Å². The van der Waals surface area contributed by atoms with Gasteiger partial charge in [-0.1, -0.05) is 25.0 Å². The molecule has 2 N–H and O–H groups in total. The number of aryl methyl sites for hydroxylation is 1. The number of aromatic nitrogens is 2. The molecule has 3 rings (SSSR count). The van der Waals surface area contributed by atoms with E-state index in [0.29, 0.717) is 5.95 Å². The highest BCUT2D eigenvalue weighted by Gasteiger charge is 2.37. The number of imidazole rings is 1. The molecule has 20 heavy (non-hydrogen) atoms. The summed E-state index contributed by atoms with van der Waals surface area (Å²) in [5, 5.41) is 0. The predicted molar refractivity (Wildman–Crippen MR) is 83.8 cm³/mol. The zero-order valence-corrected chi connectivity index (χ0v) is 12.7. The molecule has 0 atom stereocenters. The van der Waals surface area contributed by atoms with Crippen LogP contribution in [-0.2, 0) is 6.54 Å². The molecule has 0 radical (unpaired) electrons. The molecule has 2 aromatic rings. The number of fused-ring (bicyclic) bond motifs is 1. The Morgan fingerprint density at radius 2 is 2.00 bits per heavy atom. The van der Waals surface area contributed by atoms with E-state index < -0.39 is 0 Å². The summed E-state index contributed by atoms with van der Waals surface area (Å²) < 4.78 is 2.20. The van der Waals surface area contributed by atoms with Crippen LogP contribution in [0.15, 0.2) is 18.2 Å². The zero-order chi connectivity index (χ0) is 14.3. The van der Waals surface area contributed by atoms with Crippen LogP contribution < -0.4 is 5.73 Å². The molecule has 1 saturated carbocycles. The fraction of sp³-hybridized carbons (Fsp3) is 0.562. The largest absolute Gasteiger partial charge is 0.369 e. The van der Waals surface area contributed by atoms with E-state index >= 15 is 0 Å². The fourth-order valence-corrected chi connectivity index (χ4v) is 3.55. The lowest BCUT2D eigenvalue weighted by atomic mass is 9.96. The summed E-state index contributed by atoms with van der Waals surface area (Å²) in [5.74, 6) is 0.641. The van der Waals surface area contributed by atoms with Crippen molar-refractivity contribution < 1.29 is 0 Å². The molecule has 0 bridgehead atoms. The molecule has 0 spiro atoms. The van der Waals surface area contributed by atoms with Crippen molar-refractivity contribution in [3.8, 4) is 0 Å². The summed E-state index contributed by atoms with van der Waals surface area (Å²) in [7, 11) is 4.37. The number of para-hydroxylation sites is 1. The Morgan fingerprint density at radius 3 is 2.65 bits per heavy atom. The molecule has 1 aliphatic rings. The molecule has 0 unspecified atom stereocenters. The first-order valence-corrected chi connectivity index (χ1v) is 7.42. The van der Waals surface area contributed by atoms with Gasteiger partial charge in [0.15, 0.2) is 0 Å². The highest BCUT2D eigenvalue weighted by atomic mass is 15.2. The van der Waals surface area contributed by atoms with Gasteiger partial charge < -0.3 is 15.2 Å². The zero-order valence-electron chi connectivity index (χ0n) is 12.7. The summed E-state index contributed by atoms with van der Waals surface area (Å²) in [6.07, 6.45) is 5.10. The number of benzene rings is 1. The molecule has 1 aromatic heterocycles. The van der Waals surface area contributed by atoms with Crippen LogP contribution >= 0.6 is 0 Å². The molecule has 1 heterocycles. The van der Waals surface area contributed by atoms with Gasteiger partial charge in [-0.15, -0.1) is 0 Å². The number of likely N-dealkylation sites (N-methyl/N-ethyl adjacent to an activating group) is 1. The number of anilines is 1. The molecule has 0 amide bonds. The second-order valence-electron chi connectivity index (χ2n) is 6.32. The number of nitrogens with two attached hydrogens (primary N) is 1. The number of rotatable bonds is 3. The molecule has 0 saturated heterocycles. The van der Waals surface area contributed by atoms with Crippen molar-refractivity contribution in [1.29, 1.82) is 0 Å². The van der Waals surface area contributed by atoms with E-state index in [1.807, 2.05) is 0 Å². The second kappa shape index (κ2) is 4.77. The van der Waals surface area contributed by atoms with Gasteiger partial charge in [0.05, 0.1) is 11.0 Å². The lowest BCUT2D eigenvalue weighted by molar-refractivity contribution is 0.136. The predicted octanol–water partition coefficient (Wildman–Crippen LogP) is 2.80. The molecule has 1 aromatic carbocycles. The molecular formula is C16H24N4. The number of hydrogen-bond donors (Lipinski definition) is 1. The summed E-state index contributed by atoms with van der Waals surface area (Å²) in [5.41, 5.74) is 9.81. The topological polar surface area (TPSA) is 47.1 Å². The summed E-state index contributed by atoms with van der Waals surface area (Å²) in [6.45, 7) is 3.03. The van der Waals surface area contributed by atoms with Crippen LogP contribution in [0.3, 0.4) is 0 Å². The number of nitrogens with zero attached hydrogens (tertiary/aromatic N) is 3. The van der Waals surface area contributed by atoms with Crippen LogP contribution in [0.1, 0.15) is 31.2 Å². The first-order valence-electron chi connectivity index (χ1n) is 7.42. The maximum absolute atomic E-state index is 6.19. The van der Waals surface area contributed by atoms with Crippen molar-refractivity contribution in [2.75, 3.05) is 19.8 Å². The lowest BCUT2D eigenvalue weighted by Crippen LogP contribution is -2.45. The van der Waals surface area contributed by atoms with Crippen LogP contribution in [0.4, 0.5) is 5.95 Å². The second-order valence-corrected chi connectivity index (χ2v) is 6.32. The van der Waals surface area contributed by atoms with Crippen molar-refractivity contribution >= 4 is 17.0 Å². The minimum Gasteiger partial charge on any atom is -0.369 e. The maximum Gasteiger partial charge on any atom is 0.201 e. The average molecular weight is 272 g/mol. The van der Waals surface area contributed by atoms with E-state index in [-0.39, 0.29) is 5.54 Å². The first-order chi connectivity index (χ1) is 9.53. The van der Waals surface area contributed by atoms with Crippen molar-refractivity contribution in [1.82, 2.24) is 14.5 Å². The molecular weight excluding hydrogens is 248 g/mol. The van der Waals surface area contributed by atoms with E-state index in [0.717, 1.165) is 17.6 Å². The van der Waals surface area contributed by atoms with Crippen LogP contribution in [0.5, 0.6) is 0 Å². The molecule has 1 fully saturated rings. The van der Waals surface area contributed by atoms with Crippen LogP contribution in [0.25, 0.3) is 11.0 Å². The highest BCUT2D eigenvalue weighted by molar-refractivity contribution is 5.81. The third kappa shape index (κ3) is 1.99. The van der Waals surface area contributed by atoms with E-state index in [9.17, 15) is 0 Å². The Labute approximate surface area is 120 Å². The number of nitrogen functional groups attached to an aromatic ring is 1. The Balaban J connectivity index is 2.06. The highest BCUT2D eigenvalue weighted by Crippen LogP contribution is 2.36. The third-order valence-corrected chi connectivity index (χ3v) is 4.95. The van der Waals surface area contributed by atoms with Crippen molar-refractivity contribution in [3.63, 3.8) is 0 Å². The molecule has 1 aliphatic carbocycles. The quantitative estimate of drug-likeness (QED) is 0.934. The van der Waals surface area contributed by atoms with Crippen molar-refractivity contribution in [2.24, 2.45) is 0 Å². The van der Waals surface area contributed by atoms with Gasteiger partial charge in [-0.05, 0) is 45.5 Å². The Kier molecular flexibility index (Phi) is 3.21. The van der Waals surface area contributed by atoms with Crippen molar-refractivity contribution in [2.45, 2.75) is 44.7 Å². The van der Waals surface area contributed by atoms with Crippen molar-refractivity contribution in [3.05, 3.63) is 23.8 Å². The minimum atomic E-state index is 0.228. The van der Waals surface area contributed by atoms with Gasteiger partial charge in [0.2, 0.25) is 5.95 Å². The normalized spacial score (nSPS) is 18.2.